The van der Waals surface area contributed by atoms with Crippen molar-refractivity contribution in [3.05, 3.63) is 43.7 Å². The standard InChI is InChI=1S/C16H17BrCl2N4O2.CH4/c1-9-10(15(19)22-21-14(9)18)5-4-8-23(2)12-7-6-11(17)13(20-12)16(24)25-3;/h6-7H,4-5,8H2,1-3H3;1H4. The Labute approximate surface area is 172 Å². The summed E-state index contributed by atoms with van der Waals surface area (Å²) in [6.07, 6.45) is 1.52. The summed E-state index contributed by atoms with van der Waals surface area (Å²) in [5.41, 5.74) is 1.99. The lowest BCUT2D eigenvalue weighted by Crippen LogP contribution is -2.21. The molecule has 0 fully saturated rings. The first-order valence-corrected chi connectivity index (χ1v) is 9.03. The largest absolute Gasteiger partial charge is 0.464 e. The number of anilines is 1. The third-order valence-electron chi connectivity index (χ3n) is 3.76. The van der Waals surface area contributed by atoms with Crippen LogP contribution in [0.3, 0.4) is 0 Å². The third-order valence-corrected chi connectivity index (χ3v) is 5.06. The molecule has 0 unspecified atom stereocenters. The van der Waals surface area contributed by atoms with E-state index in [1.807, 2.05) is 24.9 Å². The number of hydrogen-bond donors (Lipinski definition) is 0. The summed E-state index contributed by atoms with van der Waals surface area (Å²) in [6.45, 7) is 2.59. The van der Waals surface area contributed by atoms with Crippen LogP contribution in [0.2, 0.25) is 10.3 Å². The molecule has 0 bridgehead atoms. The average Bonchev–Trinajstić information content (AvgIpc) is 2.60. The van der Waals surface area contributed by atoms with E-state index in [4.69, 9.17) is 27.9 Å². The summed E-state index contributed by atoms with van der Waals surface area (Å²) < 4.78 is 5.33. The fourth-order valence-corrected chi connectivity index (χ4v) is 3.09. The van der Waals surface area contributed by atoms with Gasteiger partial charge in [-0.25, -0.2) is 9.78 Å². The summed E-state index contributed by atoms with van der Waals surface area (Å²) in [7, 11) is 3.23. The molecular formula is C17H21BrCl2N4O2. The zero-order valence-electron chi connectivity index (χ0n) is 14.0. The van der Waals surface area contributed by atoms with E-state index in [0.29, 0.717) is 33.6 Å². The second kappa shape index (κ2) is 10.0. The van der Waals surface area contributed by atoms with Gasteiger partial charge >= 0.3 is 5.97 Å². The molecule has 2 aromatic rings. The van der Waals surface area contributed by atoms with Crippen LogP contribution >= 0.6 is 39.1 Å². The van der Waals surface area contributed by atoms with Gasteiger partial charge in [0.05, 0.1) is 11.6 Å². The number of nitrogens with zero attached hydrogens (tertiary/aromatic N) is 4. The first-order valence-electron chi connectivity index (χ1n) is 7.48. The maximum atomic E-state index is 11.7. The first kappa shape index (κ1) is 22.6. The Kier molecular flexibility index (Phi) is 8.73. The molecule has 9 heteroatoms. The molecule has 0 saturated heterocycles. The van der Waals surface area contributed by atoms with Crippen LogP contribution in [0.4, 0.5) is 5.82 Å². The lowest BCUT2D eigenvalue weighted by molar-refractivity contribution is 0.0593. The van der Waals surface area contributed by atoms with Crippen LogP contribution in [-0.2, 0) is 11.2 Å². The highest BCUT2D eigenvalue weighted by molar-refractivity contribution is 9.10. The maximum absolute atomic E-state index is 11.7. The SMILES string of the molecule is C.COC(=O)c1nc(N(C)CCCc2c(Cl)nnc(Cl)c2C)ccc1Br. The predicted octanol–water partition coefficient (Wildman–Crippen LogP) is 4.74. The summed E-state index contributed by atoms with van der Waals surface area (Å²) in [6, 6.07) is 3.61. The minimum Gasteiger partial charge on any atom is -0.464 e. The molecule has 2 heterocycles. The Morgan fingerprint density at radius 1 is 1.27 bits per heavy atom. The van der Waals surface area contributed by atoms with Crippen molar-refractivity contribution in [1.29, 1.82) is 0 Å². The van der Waals surface area contributed by atoms with Crippen molar-refractivity contribution < 1.29 is 9.53 Å². The van der Waals surface area contributed by atoms with Crippen molar-refractivity contribution in [2.45, 2.75) is 27.2 Å². The number of halogens is 3. The summed E-state index contributed by atoms with van der Waals surface area (Å²) in [5, 5.41) is 8.37. The van der Waals surface area contributed by atoms with Crippen molar-refractivity contribution >= 4 is 50.9 Å². The Balaban J connectivity index is 0.00000338. The molecule has 2 rings (SSSR count). The highest BCUT2D eigenvalue weighted by Gasteiger charge is 2.15. The van der Waals surface area contributed by atoms with E-state index >= 15 is 0 Å². The fourth-order valence-electron chi connectivity index (χ4n) is 2.28. The predicted molar refractivity (Wildman–Crippen MR) is 108 cm³/mol. The molecule has 6 nitrogen and oxygen atoms in total. The van der Waals surface area contributed by atoms with Crippen LogP contribution in [-0.4, -0.2) is 41.9 Å². The van der Waals surface area contributed by atoms with Crippen LogP contribution in [0.5, 0.6) is 0 Å². The van der Waals surface area contributed by atoms with Gasteiger partial charge in [-0.3, -0.25) is 0 Å². The van der Waals surface area contributed by atoms with Gasteiger partial charge in [0.2, 0.25) is 0 Å². The second-order valence-electron chi connectivity index (χ2n) is 5.40. The topological polar surface area (TPSA) is 68.2 Å². The van der Waals surface area contributed by atoms with Crippen LogP contribution in [0.15, 0.2) is 16.6 Å². The lowest BCUT2D eigenvalue weighted by atomic mass is 10.1. The summed E-state index contributed by atoms with van der Waals surface area (Å²) in [5.74, 6) is 0.194. The maximum Gasteiger partial charge on any atom is 0.357 e. The number of rotatable bonds is 6. The Morgan fingerprint density at radius 2 is 1.92 bits per heavy atom. The Bertz CT molecular complexity index is 790. The molecule has 0 atom stereocenters. The highest BCUT2D eigenvalue weighted by atomic mass is 79.9. The molecule has 142 valence electrons. The molecule has 0 aliphatic carbocycles. The van der Waals surface area contributed by atoms with Gasteiger partial charge in [0.15, 0.2) is 16.0 Å². The van der Waals surface area contributed by atoms with Crippen molar-refractivity contribution in [3.8, 4) is 0 Å². The van der Waals surface area contributed by atoms with Crippen molar-refractivity contribution in [2.75, 3.05) is 25.6 Å². The van der Waals surface area contributed by atoms with Gasteiger partial charge in [-0.05, 0) is 59.0 Å². The van der Waals surface area contributed by atoms with Crippen molar-refractivity contribution in [2.24, 2.45) is 0 Å². The molecule has 0 N–H and O–H groups in total. The number of esters is 1. The first-order chi connectivity index (χ1) is 11.8. The molecule has 0 aliphatic heterocycles. The highest BCUT2D eigenvalue weighted by Crippen LogP contribution is 2.24. The van der Waals surface area contributed by atoms with Gasteiger partial charge in [0.25, 0.3) is 0 Å². The van der Waals surface area contributed by atoms with Gasteiger partial charge in [0.1, 0.15) is 5.82 Å². The summed E-state index contributed by atoms with van der Waals surface area (Å²) in [4.78, 5) is 18.1. The normalized spacial score (nSPS) is 10.2. The number of carbonyl (C=O) groups is 1. The monoisotopic (exact) mass is 462 g/mol. The smallest absolute Gasteiger partial charge is 0.357 e. The van der Waals surface area contributed by atoms with E-state index in [1.165, 1.54) is 7.11 Å². The van der Waals surface area contributed by atoms with E-state index in [1.54, 1.807) is 6.07 Å². The second-order valence-corrected chi connectivity index (χ2v) is 6.97. The van der Waals surface area contributed by atoms with Crippen LogP contribution < -0.4 is 4.90 Å². The quantitative estimate of drug-likeness (QED) is 0.576. The number of methoxy groups -OCH3 is 1. The molecule has 0 amide bonds. The Morgan fingerprint density at radius 3 is 2.58 bits per heavy atom. The number of carbonyl (C=O) groups excluding carboxylic acids is 1. The fraction of sp³-hybridized carbons (Fsp3) is 0.412. The molecular weight excluding hydrogens is 443 g/mol. The molecule has 2 aromatic heterocycles. The zero-order chi connectivity index (χ0) is 18.6. The van der Waals surface area contributed by atoms with Crippen molar-refractivity contribution in [1.82, 2.24) is 15.2 Å². The molecule has 0 saturated carbocycles. The molecule has 0 aromatic carbocycles. The molecule has 26 heavy (non-hydrogen) atoms. The Hall–Kier alpha value is -1.44. The van der Waals surface area contributed by atoms with Crippen LogP contribution in [0.1, 0.15) is 35.5 Å². The average molecular weight is 464 g/mol. The van der Waals surface area contributed by atoms with Crippen molar-refractivity contribution in [3.63, 3.8) is 0 Å². The van der Waals surface area contributed by atoms with Gasteiger partial charge in [0, 0.05) is 13.6 Å². The molecule has 0 aliphatic rings. The van der Waals surface area contributed by atoms with Gasteiger partial charge in [-0.15, -0.1) is 10.2 Å². The van der Waals surface area contributed by atoms with E-state index in [-0.39, 0.29) is 13.1 Å². The van der Waals surface area contributed by atoms with Gasteiger partial charge in [-0.2, -0.15) is 0 Å². The van der Waals surface area contributed by atoms with Crippen LogP contribution in [0, 0.1) is 6.92 Å². The van der Waals surface area contributed by atoms with E-state index in [2.05, 4.69) is 31.1 Å². The van der Waals surface area contributed by atoms with E-state index in [0.717, 1.165) is 17.5 Å². The van der Waals surface area contributed by atoms with E-state index < -0.39 is 5.97 Å². The summed E-state index contributed by atoms with van der Waals surface area (Å²) >= 11 is 15.4. The minimum absolute atomic E-state index is 0. The molecule has 0 spiro atoms. The lowest BCUT2D eigenvalue weighted by Gasteiger charge is -2.19. The number of hydrogen-bond acceptors (Lipinski definition) is 6. The molecule has 0 radical (unpaired) electrons. The number of ether oxygens (including phenoxy) is 1. The van der Waals surface area contributed by atoms with E-state index in [9.17, 15) is 4.79 Å². The number of aromatic nitrogens is 3. The van der Waals surface area contributed by atoms with Gasteiger partial charge < -0.3 is 9.64 Å². The van der Waals surface area contributed by atoms with Crippen LogP contribution in [0.25, 0.3) is 0 Å². The number of pyridine rings is 1. The third kappa shape index (κ3) is 5.28. The minimum atomic E-state index is -0.484. The van der Waals surface area contributed by atoms with Gasteiger partial charge in [-0.1, -0.05) is 30.6 Å². The zero-order valence-corrected chi connectivity index (χ0v) is 17.1.